The Labute approximate surface area is 287 Å². The van der Waals surface area contributed by atoms with Gasteiger partial charge in [-0.15, -0.1) is 0 Å². The van der Waals surface area contributed by atoms with Gasteiger partial charge in [0.1, 0.15) is 6.10 Å². The minimum atomic E-state index is -4.67. The van der Waals surface area contributed by atoms with Crippen LogP contribution >= 0.6 is 0 Å². The van der Waals surface area contributed by atoms with Gasteiger partial charge in [-0.25, -0.2) is 4.79 Å². The summed E-state index contributed by atoms with van der Waals surface area (Å²) in [6, 6.07) is 25.5. The molecule has 13 nitrogen and oxygen atoms in total. The normalized spacial score (nSPS) is 16.2. The monoisotopic (exact) mass is 695 g/mol. The highest BCUT2D eigenvalue weighted by Gasteiger charge is 2.25. The highest BCUT2D eigenvalue weighted by atomic mass is 32.3. The number of hydrogen-bond donors (Lipinski definition) is 4. The predicted molar refractivity (Wildman–Crippen MR) is 186 cm³/mol. The number of nitrogens with one attached hydrogen (secondary N) is 1. The number of likely N-dealkylation sites (tertiary alicyclic amines) is 2. The van der Waals surface area contributed by atoms with Crippen molar-refractivity contribution in [2.45, 2.75) is 38.3 Å². The lowest BCUT2D eigenvalue weighted by Gasteiger charge is -2.32. The molecule has 0 saturated carbocycles. The summed E-state index contributed by atoms with van der Waals surface area (Å²) in [7, 11) is -2.83. The number of carbonyl (C=O) groups excluding carboxylic acids is 3. The topological polar surface area (TPSA) is 183 Å². The van der Waals surface area contributed by atoms with Gasteiger partial charge in [-0.2, -0.15) is 8.42 Å². The molecule has 3 amide bonds. The van der Waals surface area contributed by atoms with E-state index in [1.807, 2.05) is 85.9 Å². The minimum absolute atomic E-state index is 0.00416. The number of carbonyl (C=O) groups is 3. The van der Waals surface area contributed by atoms with E-state index in [1.165, 1.54) is 0 Å². The van der Waals surface area contributed by atoms with Gasteiger partial charge in [-0.1, -0.05) is 60.7 Å². The summed E-state index contributed by atoms with van der Waals surface area (Å²) in [5, 5.41) is 2.93. The van der Waals surface area contributed by atoms with Crippen molar-refractivity contribution < 1.29 is 36.6 Å². The molecule has 2 aliphatic heterocycles. The molecule has 3 aromatic carbocycles. The quantitative estimate of drug-likeness (QED) is 0.225. The Hall–Kier alpha value is -4.34. The number of primary amides is 1. The van der Waals surface area contributed by atoms with E-state index >= 15 is 0 Å². The molecule has 0 aliphatic carbocycles. The number of likely N-dealkylation sites (N-methyl/N-ethyl adjacent to an activating group) is 1. The maximum Gasteiger partial charge on any atom is 0.411 e. The van der Waals surface area contributed by atoms with Crippen LogP contribution in [0.5, 0.6) is 0 Å². The first-order valence-corrected chi connectivity index (χ1v) is 17.7. The third-order valence-electron chi connectivity index (χ3n) is 8.75. The van der Waals surface area contributed by atoms with Crippen molar-refractivity contribution in [1.82, 2.24) is 14.7 Å². The molecular formula is C35H45N5O8S. The van der Waals surface area contributed by atoms with Crippen LogP contribution in [0, 0.1) is 5.92 Å². The average molecular weight is 696 g/mol. The smallest absolute Gasteiger partial charge is 0.411 e. The zero-order chi connectivity index (χ0) is 35.4. The molecule has 0 aromatic heterocycles. The number of para-hydroxylation sites is 1. The van der Waals surface area contributed by atoms with E-state index in [4.69, 9.17) is 28.0 Å². The third kappa shape index (κ3) is 12.6. The molecule has 0 bridgehead atoms. The Bertz CT molecular complexity index is 1630. The van der Waals surface area contributed by atoms with E-state index in [2.05, 4.69) is 15.1 Å². The number of anilines is 1. The molecule has 5 N–H and O–H groups in total. The van der Waals surface area contributed by atoms with Gasteiger partial charge in [0, 0.05) is 56.8 Å². The number of amides is 3. The summed E-state index contributed by atoms with van der Waals surface area (Å²) in [5.74, 6) is -0.205. The zero-order valence-corrected chi connectivity index (χ0v) is 28.4. The molecule has 2 aliphatic rings. The van der Waals surface area contributed by atoms with Crippen LogP contribution in [0.4, 0.5) is 10.5 Å². The van der Waals surface area contributed by atoms with Gasteiger partial charge in [0.05, 0.1) is 5.69 Å². The van der Waals surface area contributed by atoms with E-state index in [1.54, 1.807) is 4.90 Å². The maximum absolute atomic E-state index is 13.0. The van der Waals surface area contributed by atoms with Crippen LogP contribution in [0.3, 0.4) is 0 Å². The fourth-order valence-electron chi connectivity index (χ4n) is 6.00. The fourth-order valence-corrected chi connectivity index (χ4v) is 6.00. The van der Waals surface area contributed by atoms with Crippen LogP contribution in [0.25, 0.3) is 11.1 Å². The third-order valence-corrected chi connectivity index (χ3v) is 8.75. The Balaban J connectivity index is 0.00000101. The number of hydrogen-bond acceptors (Lipinski definition) is 8. The highest BCUT2D eigenvalue weighted by Crippen LogP contribution is 2.28. The van der Waals surface area contributed by atoms with E-state index in [9.17, 15) is 14.4 Å². The van der Waals surface area contributed by atoms with Crippen LogP contribution < -0.4 is 11.1 Å². The molecule has 3 aromatic rings. The SMILES string of the molecule is CN(CCN1CCC(OC(=O)Nc2ccccc2-c2ccccc2)CC1)C(=O)c1ccc(CN2CCC(C(N)=O)CC2)cc1.O=S(=O)(O)O. The fraction of sp³-hybridized carbons (Fsp3) is 0.400. The molecule has 2 fully saturated rings. The summed E-state index contributed by atoms with van der Waals surface area (Å²) in [6.07, 6.45) is 2.56. The van der Waals surface area contributed by atoms with Gasteiger partial charge in [0.15, 0.2) is 0 Å². The maximum atomic E-state index is 13.0. The van der Waals surface area contributed by atoms with Crippen LogP contribution in [0.1, 0.15) is 41.6 Å². The average Bonchev–Trinajstić information content (AvgIpc) is 3.08. The van der Waals surface area contributed by atoms with Crippen LogP contribution in [-0.4, -0.2) is 103 Å². The molecule has 264 valence electrons. The summed E-state index contributed by atoms with van der Waals surface area (Å²) in [6.45, 7) is 5.53. The zero-order valence-electron chi connectivity index (χ0n) is 27.6. The Morgan fingerprint density at radius 3 is 2.04 bits per heavy atom. The molecule has 0 radical (unpaired) electrons. The number of nitrogens with two attached hydrogens (primary N) is 1. The summed E-state index contributed by atoms with van der Waals surface area (Å²) < 4.78 is 37.3. The van der Waals surface area contributed by atoms with Crippen LogP contribution in [0.2, 0.25) is 0 Å². The molecule has 14 heteroatoms. The van der Waals surface area contributed by atoms with E-state index in [-0.39, 0.29) is 23.8 Å². The number of benzene rings is 3. The molecular weight excluding hydrogens is 650 g/mol. The first-order valence-electron chi connectivity index (χ1n) is 16.3. The first-order chi connectivity index (χ1) is 23.4. The second-order valence-corrected chi connectivity index (χ2v) is 13.2. The second-order valence-electron chi connectivity index (χ2n) is 12.3. The predicted octanol–water partition coefficient (Wildman–Crippen LogP) is 4.18. The van der Waals surface area contributed by atoms with Crippen molar-refractivity contribution in [1.29, 1.82) is 0 Å². The number of ether oxygens (including phenoxy) is 1. The molecule has 2 saturated heterocycles. The van der Waals surface area contributed by atoms with E-state index in [0.717, 1.165) is 87.3 Å². The molecule has 2 heterocycles. The Morgan fingerprint density at radius 1 is 0.857 bits per heavy atom. The van der Waals surface area contributed by atoms with Crippen LogP contribution in [-0.2, 0) is 26.5 Å². The van der Waals surface area contributed by atoms with Crippen molar-refractivity contribution in [3.63, 3.8) is 0 Å². The number of nitrogens with zero attached hydrogens (tertiary/aromatic N) is 3. The Kier molecular flexibility index (Phi) is 13.7. The lowest BCUT2D eigenvalue weighted by atomic mass is 9.96. The molecule has 0 spiro atoms. The molecule has 49 heavy (non-hydrogen) atoms. The molecule has 0 atom stereocenters. The molecule has 5 rings (SSSR count). The van der Waals surface area contributed by atoms with Gasteiger partial charge < -0.3 is 20.3 Å². The van der Waals surface area contributed by atoms with Gasteiger partial charge in [-0.3, -0.25) is 28.9 Å². The van der Waals surface area contributed by atoms with Crippen molar-refractivity contribution in [2.75, 3.05) is 51.6 Å². The van der Waals surface area contributed by atoms with Crippen molar-refractivity contribution in [2.24, 2.45) is 11.7 Å². The minimum Gasteiger partial charge on any atom is -0.446 e. The lowest BCUT2D eigenvalue weighted by molar-refractivity contribution is -0.123. The van der Waals surface area contributed by atoms with Crippen molar-refractivity contribution in [3.8, 4) is 11.1 Å². The summed E-state index contributed by atoms with van der Waals surface area (Å²) in [5.41, 5.74) is 9.99. The number of piperidine rings is 2. The first kappa shape index (κ1) is 37.5. The second kappa shape index (κ2) is 17.9. The van der Waals surface area contributed by atoms with Gasteiger partial charge in [0.2, 0.25) is 5.91 Å². The summed E-state index contributed by atoms with van der Waals surface area (Å²) >= 11 is 0. The number of rotatable bonds is 10. The van der Waals surface area contributed by atoms with Gasteiger partial charge in [-0.05, 0) is 68.1 Å². The van der Waals surface area contributed by atoms with E-state index in [0.29, 0.717) is 12.1 Å². The Morgan fingerprint density at radius 2 is 1.43 bits per heavy atom. The highest BCUT2D eigenvalue weighted by molar-refractivity contribution is 7.79. The van der Waals surface area contributed by atoms with Gasteiger partial charge in [0.25, 0.3) is 5.91 Å². The van der Waals surface area contributed by atoms with Crippen molar-refractivity contribution >= 4 is 34.0 Å². The summed E-state index contributed by atoms with van der Waals surface area (Å²) in [4.78, 5) is 43.6. The largest absolute Gasteiger partial charge is 0.446 e. The van der Waals surface area contributed by atoms with Crippen molar-refractivity contribution in [3.05, 3.63) is 90.0 Å². The standard InChI is InChI=1S/C35H43N5O4.H2O4S/c1-38(34(42)29-13-11-26(12-14-29)25-40-19-15-28(16-20-40)33(36)41)23-24-39-21-17-30(18-22-39)44-35(43)37-32-10-6-5-9-31(32)27-7-3-2-4-8-27;1-5(2,3)4/h2-14,28,30H,15-25H2,1H3,(H2,36,41)(H,37,43);(H2,1,2,3,4). The molecule has 0 unspecified atom stereocenters. The lowest BCUT2D eigenvalue weighted by Crippen LogP contribution is -2.42. The van der Waals surface area contributed by atoms with Gasteiger partial charge >= 0.3 is 16.5 Å². The van der Waals surface area contributed by atoms with E-state index < -0.39 is 16.5 Å². The van der Waals surface area contributed by atoms with Crippen LogP contribution in [0.15, 0.2) is 78.9 Å².